The molecule has 0 unspecified atom stereocenters. The van der Waals surface area contributed by atoms with Crippen LogP contribution < -0.4 is 10.6 Å². The Labute approximate surface area is 158 Å². The third kappa shape index (κ3) is 5.41. The lowest BCUT2D eigenvalue weighted by atomic mass is 10.1. The van der Waals surface area contributed by atoms with Crippen molar-refractivity contribution in [3.63, 3.8) is 0 Å². The lowest BCUT2D eigenvalue weighted by Crippen LogP contribution is -2.86. The molecular weight excluding hydrogens is 348 g/mol. The number of nitrogens with one attached hydrogen (secondary N) is 1. The summed E-state index contributed by atoms with van der Waals surface area (Å²) < 4.78 is 5.11. The van der Waals surface area contributed by atoms with Crippen LogP contribution in [0.2, 0.25) is 0 Å². The number of anilines is 1. The maximum atomic E-state index is 12.4. The van der Waals surface area contributed by atoms with Gasteiger partial charge in [-0.3, -0.25) is 4.79 Å². The monoisotopic (exact) mass is 375 g/mol. The summed E-state index contributed by atoms with van der Waals surface area (Å²) in [4.78, 5) is 25.6. The second kappa shape index (κ2) is 9.50. The van der Waals surface area contributed by atoms with Crippen molar-refractivity contribution in [2.24, 2.45) is 0 Å². The number of hydrogen-bond donors (Lipinski definition) is 2. The number of benzene rings is 1. The molecular formula is C20H27N2O3S+. The maximum Gasteiger partial charge on any atom is 0.341 e. The number of rotatable bonds is 8. The Kier molecular flexibility index (Phi) is 7.36. The summed E-state index contributed by atoms with van der Waals surface area (Å²) in [6.45, 7) is 8.54. The Morgan fingerprint density at radius 2 is 1.88 bits per heavy atom. The average Bonchev–Trinajstić information content (AvgIpc) is 3.05. The van der Waals surface area contributed by atoms with E-state index in [1.54, 1.807) is 6.92 Å². The minimum Gasteiger partial charge on any atom is -0.462 e. The lowest BCUT2D eigenvalue weighted by molar-refractivity contribution is -0.682. The van der Waals surface area contributed by atoms with Crippen molar-refractivity contribution >= 4 is 28.2 Å². The van der Waals surface area contributed by atoms with Gasteiger partial charge in [-0.05, 0) is 25.8 Å². The number of esters is 1. The minimum atomic E-state index is -0.396. The fraction of sp³-hybridized carbons (Fsp3) is 0.400. The summed E-state index contributed by atoms with van der Waals surface area (Å²) >= 11 is 1.43. The molecule has 2 rings (SSSR count). The minimum absolute atomic E-state index is 0.129. The number of nitrogens with two attached hydrogens (primary N) is 1. The Hall–Kier alpha value is -2.18. The van der Waals surface area contributed by atoms with Crippen LogP contribution in [0.1, 0.15) is 60.5 Å². The van der Waals surface area contributed by atoms with Crippen LogP contribution in [0, 0.1) is 0 Å². The first-order chi connectivity index (χ1) is 12.4. The molecule has 0 aliphatic heterocycles. The molecule has 1 heterocycles. The van der Waals surface area contributed by atoms with E-state index in [9.17, 15) is 9.59 Å². The summed E-state index contributed by atoms with van der Waals surface area (Å²) in [5, 5.41) is 5.42. The fourth-order valence-electron chi connectivity index (χ4n) is 2.50. The molecule has 6 heteroatoms. The summed E-state index contributed by atoms with van der Waals surface area (Å²) in [5.74, 6) is -0.244. The topological polar surface area (TPSA) is 72.0 Å². The predicted molar refractivity (Wildman–Crippen MR) is 105 cm³/mol. The van der Waals surface area contributed by atoms with Crippen LogP contribution in [-0.2, 0) is 9.53 Å². The average molecular weight is 376 g/mol. The highest BCUT2D eigenvalue weighted by Gasteiger charge is 2.21. The zero-order valence-electron chi connectivity index (χ0n) is 15.7. The van der Waals surface area contributed by atoms with Crippen LogP contribution >= 0.6 is 11.3 Å². The Balaban J connectivity index is 2.02. The molecule has 0 radical (unpaired) electrons. The van der Waals surface area contributed by atoms with Gasteiger partial charge in [-0.2, -0.15) is 0 Å². The van der Waals surface area contributed by atoms with E-state index in [2.05, 4.69) is 26.1 Å². The first kappa shape index (κ1) is 20.1. The van der Waals surface area contributed by atoms with E-state index in [-0.39, 0.29) is 24.4 Å². The highest BCUT2D eigenvalue weighted by Crippen LogP contribution is 2.33. The Bertz CT molecular complexity index is 741. The van der Waals surface area contributed by atoms with E-state index < -0.39 is 5.97 Å². The first-order valence-electron chi connectivity index (χ1n) is 8.91. The molecule has 26 heavy (non-hydrogen) atoms. The Morgan fingerprint density at radius 3 is 2.50 bits per heavy atom. The number of hydrogen-bond acceptors (Lipinski definition) is 4. The Morgan fingerprint density at radius 1 is 1.19 bits per heavy atom. The molecule has 2 aromatic rings. The molecule has 1 aromatic carbocycles. The lowest BCUT2D eigenvalue weighted by Gasteiger charge is -2.11. The van der Waals surface area contributed by atoms with Crippen molar-refractivity contribution in [3.05, 3.63) is 52.4 Å². The van der Waals surface area contributed by atoms with Crippen molar-refractivity contribution in [1.29, 1.82) is 0 Å². The van der Waals surface area contributed by atoms with Gasteiger partial charge in [-0.1, -0.05) is 44.2 Å². The number of ether oxygens (including phenoxy) is 1. The largest absolute Gasteiger partial charge is 0.462 e. The molecule has 3 N–H and O–H groups in total. The summed E-state index contributed by atoms with van der Waals surface area (Å²) in [6.07, 6.45) is 0. The number of carbonyl (C=O) groups is 2. The standard InChI is InChI=1S/C20H26N2O3S/c1-5-25-20(24)16-11-17(13(2)3)26-19(16)22-18(23)12-21-14(4)15-9-7-6-8-10-15/h6-11,13-14,21H,5,12H2,1-4H3,(H,22,23)/p+1/t14-/m0/s1. The van der Waals surface area contributed by atoms with Crippen LogP contribution in [0.3, 0.4) is 0 Å². The maximum absolute atomic E-state index is 12.4. The fourth-order valence-corrected chi connectivity index (χ4v) is 3.57. The van der Waals surface area contributed by atoms with Crippen molar-refractivity contribution in [2.45, 2.75) is 39.7 Å². The highest BCUT2D eigenvalue weighted by atomic mass is 32.1. The smallest absolute Gasteiger partial charge is 0.341 e. The summed E-state index contributed by atoms with van der Waals surface area (Å²) in [5.41, 5.74) is 1.61. The molecule has 0 saturated carbocycles. The molecule has 5 nitrogen and oxygen atoms in total. The van der Waals surface area contributed by atoms with E-state index in [4.69, 9.17) is 4.74 Å². The van der Waals surface area contributed by atoms with Gasteiger partial charge >= 0.3 is 5.97 Å². The molecule has 140 valence electrons. The van der Waals surface area contributed by atoms with Gasteiger partial charge < -0.3 is 15.4 Å². The molecule has 1 amide bonds. The van der Waals surface area contributed by atoms with Gasteiger partial charge in [0, 0.05) is 10.4 Å². The number of quaternary nitrogens is 1. The van der Waals surface area contributed by atoms with Gasteiger partial charge in [0.15, 0.2) is 6.54 Å². The quantitative estimate of drug-likeness (QED) is 0.695. The summed E-state index contributed by atoms with van der Waals surface area (Å²) in [7, 11) is 0. The second-order valence-corrected chi connectivity index (χ2v) is 7.54. The van der Waals surface area contributed by atoms with Crippen LogP contribution in [-0.4, -0.2) is 25.0 Å². The van der Waals surface area contributed by atoms with E-state index >= 15 is 0 Å². The van der Waals surface area contributed by atoms with Gasteiger partial charge in [0.25, 0.3) is 5.91 Å². The predicted octanol–water partition coefficient (Wildman–Crippen LogP) is 3.31. The van der Waals surface area contributed by atoms with Gasteiger partial charge in [-0.25, -0.2) is 4.79 Å². The van der Waals surface area contributed by atoms with Crippen molar-refractivity contribution in [1.82, 2.24) is 0 Å². The second-order valence-electron chi connectivity index (χ2n) is 6.45. The van der Waals surface area contributed by atoms with Gasteiger partial charge in [-0.15, -0.1) is 11.3 Å². The van der Waals surface area contributed by atoms with Crippen LogP contribution in [0.25, 0.3) is 0 Å². The molecule has 0 fully saturated rings. The SMILES string of the molecule is CCOC(=O)c1cc(C(C)C)sc1NC(=O)C[NH2+][C@@H](C)c1ccccc1. The number of carbonyl (C=O) groups excluding carboxylic acids is 2. The highest BCUT2D eigenvalue weighted by molar-refractivity contribution is 7.16. The van der Waals surface area contributed by atoms with Crippen molar-refractivity contribution < 1.29 is 19.6 Å². The normalized spacial score (nSPS) is 12.0. The molecule has 0 saturated heterocycles. The van der Waals surface area contributed by atoms with E-state index in [0.717, 1.165) is 4.88 Å². The molecule has 1 atom stereocenters. The number of thiophene rings is 1. The van der Waals surface area contributed by atoms with Crippen LogP contribution in [0.4, 0.5) is 5.00 Å². The third-order valence-electron chi connectivity index (χ3n) is 4.05. The molecule has 1 aromatic heterocycles. The summed E-state index contributed by atoms with van der Waals surface area (Å²) in [6, 6.07) is 12.1. The van der Waals surface area contributed by atoms with Gasteiger partial charge in [0.05, 0.1) is 12.2 Å². The van der Waals surface area contributed by atoms with Crippen molar-refractivity contribution in [3.8, 4) is 0 Å². The van der Waals surface area contributed by atoms with Crippen molar-refractivity contribution in [2.75, 3.05) is 18.5 Å². The van der Waals surface area contributed by atoms with Gasteiger partial charge in [0.1, 0.15) is 11.0 Å². The van der Waals surface area contributed by atoms with Gasteiger partial charge in [0.2, 0.25) is 0 Å². The van der Waals surface area contributed by atoms with Crippen LogP contribution in [0.15, 0.2) is 36.4 Å². The molecule has 0 spiro atoms. The zero-order valence-corrected chi connectivity index (χ0v) is 16.6. The third-order valence-corrected chi connectivity index (χ3v) is 5.40. The van der Waals surface area contributed by atoms with Crippen LogP contribution in [0.5, 0.6) is 0 Å². The number of amides is 1. The molecule has 0 aliphatic rings. The van der Waals surface area contributed by atoms with E-state index in [0.29, 0.717) is 17.2 Å². The van der Waals surface area contributed by atoms with E-state index in [1.807, 2.05) is 41.7 Å². The zero-order chi connectivity index (χ0) is 19.1. The first-order valence-corrected chi connectivity index (χ1v) is 9.73. The van der Waals surface area contributed by atoms with E-state index in [1.165, 1.54) is 16.9 Å². The molecule has 0 aliphatic carbocycles. The molecule has 0 bridgehead atoms.